The lowest BCUT2D eigenvalue weighted by atomic mass is 10.1. The maximum Gasteiger partial charge on any atom is 0.226 e. The third-order valence-corrected chi connectivity index (χ3v) is 6.84. The number of aryl methyl sites for hydroxylation is 1. The molecule has 2 aliphatic rings. The lowest BCUT2D eigenvalue weighted by molar-refractivity contribution is -0.0511. The Labute approximate surface area is 201 Å². The fourth-order valence-corrected chi connectivity index (χ4v) is 4.89. The summed E-state index contributed by atoms with van der Waals surface area (Å²) in [4.78, 5) is 13.1. The molecule has 11 heteroatoms. The Kier molecular flexibility index (Phi) is 6.70. The van der Waals surface area contributed by atoms with Crippen LogP contribution in [0.2, 0.25) is 5.28 Å². The van der Waals surface area contributed by atoms with E-state index in [1.165, 1.54) is 16.5 Å². The molecule has 1 saturated heterocycles. The predicted molar refractivity (Wildman–Crippen MR) is 124 cm³/mol. The standard InChI is InChI=1S/C23H28ClN5O5/c1-12-5-2-3-6-13(12)10-33-15-8-4-7-14(15)26-20-17-21(28-23(24)27-20)29(11-25-17)22-19(32)18(31)16(9-30)34-22/h2-3,5-6,11,14-16,18-19,22,30-32H,4,7-10H2,1H3,(H,26,27,28). The van der Waals surface area contributed by atoms with Crippen LogP contribution in [0.15, 0.2) is 30.6 Å². The van der Waals surface area contributed by atoms with Gasteiger partial charge in [-0.05, 0) is 48.9 Å². The second-order valence-corrected chi connectivity index (χ2v) is 9.19. The van der Waals surface area contributed by atoms with Gasteiger partial charge in [0.05, 0.1) is 31.7 Å². The average Bonchev–Trinajstić information content (AvgIpc) is 3.52. The number of hydrogen-bond acceptors (Lipinski definition) is 9. The van der Waals surface area contributed by atoms with Gasteiger partial charge in [-0.2, -0.15) is 9.97 Å². The SMILES string of the molecule is Cc1ccccc1COC1CCCC1Nc1nc(Cl)nc2c1ncn2C1OC(CO)C(O)C1O. The number of anilines is 1. The summed E-state index contributed by atoms with van der Waals surface area (Å²) in [6, 6.07) is 8.20. The van der Waals surface area contributed by atoms with Crippen molar-refractivity contribution in [3.8, 4) is 0 Å². The van der Waals surface area contributed by atoms with Gasteiger partial charge in [0.1, 0.15) is 18.3 Å². The Morgan fingerprint density at radius 2 is 2.03 bits per heavy atom. The molecule has 4 N–H and O–H groups in total. The van der Waals surface area contributed by atoms with Crippen molar-refractivity contribution in [2.45, 2.75) is 69.5 Å². The van der Waals surface area contributed by atoms with Crippen LogP contribution in [0, 0.1) is 6.92 Å². The molecule has 0 amide bonds. The van der Waals surface area contributed by atoms with E-state index in [0.29, 0.717) is 23.6 Å². The monoisotopic (exact) mass is 489 g/mol. The minimum absolute atomic E-state index is 0.00549. The third-order valence-electron chi connectivity index (χ3n) is 6.67. The van der Waals surface area contributed by atoms with Crippen molar-refractivity contribution in [1.82, 2.24) is 19.5 Å². The van der Waals surface area contributed by atoms with Gasteiger partial charge in [-0.3, -0.25) is 4.57 Å². The molecule has 10 nitrogen and oxygen atoms in total. The van der Waals surface area contributed by atoms with Gasteiger partial charge in [-0.15, -0.1) is 0 Å². The number of nitrogens with zero attached hydrogens (tertiary/aromatic N) is 4. The second kappa shape index (κ2) is 9.73. The van der Waals surface area contributed by atoms with Crippen LogP contribution in [-0.2, 0) is 16.1 Å². The van der Waals surface area contributed by atoms with Gasteiger partial charge >= 0.3 is 0 Å². The summed E-state index contributed by atoms with van der Waals surface area (Å²) in [6.07, 6.45) is -0.0206. The van der Waals surface area contributed by atoms with Crippen molar-refractivity contribution >= 4 is 28.6 Å². The van der Waals surface area contributed by atoms with Gasteiger partial charge in [-0.1, -0.05) is 24.3 Å². The number of hydrogen-bond donors (Lipinski definition) is 4. The molecular formula is C23H28ClN5O5. The van der Waals surface area contributed by atoms with Crippen LogP contribution < -0.4 is 5.32 Å². The van der Waals surface area contributed by atoms with Crippen molar-refractivity contribution < 1.29 is 24.8 Å². The molecule has 5 rings (SSSR count). The summed E-state index contributed by atoms with van der Waals surface area (Å²) in [5.74, 6) is 0.469. The quantitative estimate of drug-likeness (QED) is 0.367. The molecule has 0 radical (unpaired) electrons. The van der Waals surface area contributed by atoms with Crippen molar-refractivity contribution in [3.05, 3.63) is 47.0 Å². The topological polar surface area (TPSA) is 135 Å². The Bertz CT molecular complexity index is 1160. The molecule has 2 aromatic heterocycles. The first-order chi connectivity index (χ1) is 16.5. The molecular weight excluding hydrogens is 462 g/mol. The summed E-state index contributed by atoms with van der Waals surface area (Å²) in [5.41, 5.74) is 3.18. The average molecular weight is 490 g/mol. The van der Waals surface area contributed by atoms with E-state index in [2.05, 4.69) is 39.3 Å². The fourth-order valence-electron chi connectivity index (χ4n) is 4.72. The maximum atomic E-state index is 10.4. The number of halogens is 1. The van der Waals surface area contributed by atoms with E-state index in [4.69, 9.17) is 21.1 Å². The molecule has 2 fully saturated rings. The van der Waals surface area contributed by atoms with E-state index in [1.807, 2.05) is 12.1 Å². The van der Waals surface area contributed by atoms with Crippen molar-refractivity contribution in [1.29, 1.82) is 0 Å². The lowest BCUT2D eigenvalue weighted by Crippen LogP contribution is -2.33. The molecule has 0 spiro atoms. The van der Waals surface area contributed by atoms with Gasteiger partial charge in [-0.25, -0.2) is 4.98 Å². The van der Waals surface area contributed by atoms with Crippen LogP contribution in [0.4, 0.5) is 5.82 Å². The normalized spacial score (nSPS) is 29.2. The highest BCUT2D eigenvalue weighted by Crippen LogP contribution is 2.34. The molecule has 6 atom stereocenters. The minimum Gasteiger partial charge on any atom is -0.394 e. The summed E-state index contributed by atoms with van der Waals surface area (Å²) < 4.78 is 13.4. The Balaban J connectivity index is 1.36. The van der Waals surface area contributed by atoms with Gasteiger partial charge in [0.15, 0.2) is 23.2 Å². The smallest absolute Gasteiger partial charge is 0.226 e. The predicted octanol–water partition coefficient (Wildman–Crippen LogP) is 1.95. The number of aromatic nitrogens is 4. The Morgan fingerprint density at radius 1 is 1.21 bits per heavy atom. The van der Waals surface area contributed by atoms with Crippen LogP contribution in [0.5, 0.6) is 0 Å². The highest BCUT2D eigenvalue weighted by Gasteiger charge is 2.44. The molecule has 1 aliphatic carbocycles. The van der Waals surface area contributed by atoms with Crippen LogP contribution in [0.3, 0.4) is 0 Å². The third kappa shape index (κ3) is 4.37. The molecule has 6 unspecified atom stereocenters. The van der Waals surface area contributed by atoms with Gasteiger partial charge < -0.3 is 30.1 Å². The summed E-state index contributed by atoms with van der Waals surface area (Å²) >= 11 is 6.23. The molecule has 34 heavy (non-hydrogen) atoms. The van der Waals surface area contributed by atoms with Gasteiger partial charge in [0, 0.05) is 0 Å². The number of nitrogens with one attached hydrogen (secondary N) is 1. The second-order valence-electron chi connectivity index (χ2n) is 8.85. The van der Waals surface area contributed by atoms with E-state index < -0.39 is 31.1 Å². The molecule has 1 aromatic carbocycles. The Morgan fingerprint density at radius 3 is 2.79 bits per heavy atom. The van der Waals surface area contributed by atoms with Crippen LogP contribution in [0.25, 0.3) is 11.2 Å². The van der Waals surface area contributed by atoms with Crippen LogP contribution in [-0.4, -0.2) is 71.9 Å². The number of imidazole rings is 1. The lowest BCUT2D eigenvalue weighted by Gasteiger charge is -2.23. The summed E-state index contributed by atoms with van der Waals surface area (Å²) in [6.45, 7) is 2.19. The zero-order valence-corrected chi connectivity index (χ0v) is 19.5. The van der Waals surface area contributed by atoms with E-state index in [1.54, 1.807) is 0 Å². The number of aliphatic hydroxyl groups is 3. The Hall–Kier alpha value is -2.34. The van der Waals surface area contributed by atoms with Gasteiger partial charge in [0.25, 0.3) is 0 Å². The van der Waals surface area contributed by atoms with Crippen LogP contribution in [0.1, 0.15) is 36.6 Å². The van der Waals surface area contributed by atoms with E-state index >= 15 is 0 Å². The molecule has 3 aromatic rings. The minimum atomic E-state index is -1.26. The zero-order valence-electron chi connectivity index (χ0n) is 18.7. The first-order valence-electron chi connectivity index (χ1n) is 11.4. The first-order valence-corrected chi connectivity index (χ1v) is 11.8. The van der Waals surface area contributed by atoms with Gasteiger partial charge in [0.2, 0.25) is 5.28 Å². The molecule has 1 aliphatic heterocycles. The van der Waals surface area contributed by atoms with E-state index in [0.717, 1.165) is 24.8 Å². The van der Waals surface area contributed by atoms with Crippen LogP contribution >= 0.6 is 11.6 Å². The molecule has 3 heterocycles. The summed E-state index contributed by atoms with van der Waals surface area (Å²) in [5, 5.41) is 33.4. The molecule has 182 valence electrons. The number of fused-ring (bicyclic) bond motifs is 1. The number of rotatable bonds is 7. The van der Waals surface area contributed by atoms with Crippen molar-refractivity contribution in [2.75, 3.05) is 11.9 Å². The van der Waals surface area contributed by atoms with E-state index in [9.17, 15) is 15.3 Å². The zero-order chi connectivity index (χ0) is 23.8. The summed E-state index contributed by atoms with van der Waals surface area (Å²) in [7, 11) is 0. The molecule has 0 bridgehead atoms. The number of benzene rings is 1. The van der Waals surface area contributed by atoms with E-state index in [-0.39, 0.29) is 17.4 Å². The first kappa shape index (κ1) is 23.4. The molecule has 1 saturated carbocycles. The van der Waals surface area contributed by atoms with Crippen molar-refractivity contribution in [2.24, 2.45) is 0 Å². The highest BCUT2D eigenvalue weighted by molar-refractivity contribution is 6.28. The number of ether oxygens (including phenoxy) is 2. The maximum absolute atomic E-state index is 10.4. The number of aliphatic hydroxyl groups excluding tert-OH is 3. The van der Waals surface area contributed by atoms with Crippen molar-refractivity contribution in [3.63, 3.8) is 0 Å². The highest BCUT2D eigenvalue weighted by atomic mass is 35.5. The largest absolute Gasteiger partial charge is 0.394 e. The fraction of sp³-hybridized carbons (Fsp3) is 0.522.